The van der Waals surface area contributed by atoms with Gasteiger partial charge in [0, 0.05) is 18.5 Å². The summed E-state index contributed by atoms with van der Waals surface area (Å²) in [7, 11) is -0.562. The number of para-hydroxylation sites is 1. The molecule has 8 heteroatoms. The fourth-order valence-corrected chi connectivity index (χ4v) is 3.95. The van der Waals surface area contributed by atoms with Crippen molar-refractivity contribution in [1.82, 2.24) is 4.90 Å². The molecule has 0 radical (unpaired) electrons. The number of Topliss-reactive ketones (excluding diaryl/α,β-unsaturated/α-hetero) is 1. The Hall–Kier alpha value is -1.92. The predicted octanol–water partition coefficient (Wildman–Crippen LogP) is 1.49. The van der Waals surface area contributed by atoms with Crippen LogP contribution in [0.2, 0.25) is 0 Å². The number of phosphoric ester groups is 1. The molecule has 3 aromatic carbocycles. The SMILES string of the molecule is CN(C)Cc1ccccc1CCC(=O)c1ccc(OP(=O)([O-])Oc2ccccc2)cc1.[Na+]. The van der Waals surface area contributed by atoms with Gasteiger partial charge in [0.1, 0.15) is 11.5 Å². The van der Waals surface area contributed by atoms with E-state index in [0.717, 1.165) is 12.1 Å². The van der Waals surface area contributed by atoms with E-state index >= 15 is 0 Å². The van der Waals surface area contributed by atoms with Crippen molar-refractivity contribution in [3.05, 3.63) is 95.6 Å². The first kappa shape index (κ1) is 26.3. The number of nitrogens with zero attached hydrogens (tertiary/aromatic N) is 1. The van der Waals surface area contributed by atoms with Crippen LogP contribution in [0.4, 0.5) is 0 Å². The molecular formula is C24H25NNaO5P. The smallest absolute Gasteiger partial charge is 0.736 e. The third-order valence-electron chi connectivity index (χ3n) is 4.58. The average Bonchev–Trinajstić information content (AvgIpc) is 2.73. The third-order valence-corrected chi connectivity index (χ3v) is 5.45. The number of hydrogen-bond acceptors (Lipinski definition) is 6. The minimum absolute atomic E-state index is 0. The summed E-state index contributed by atoms with van der Waals surface area (Å²) in [6, 6.07) is 22.2. The molecule has 32 heavy (non-hydrogen) atoms. The third kappa shape index (κ3) is 8.21. The molecule has 0 bridgehead atoms. The van der Waals surface area contributed by atoms with Crippen molar-refractivity contribution < 1.29 is 52.9 Å². The molecule has 0 heterocycles. The maximum absolute atomic E-state index is 12.6. The van der Waals surface area contributed by atoms with E-state index < -0.39 is 7.82 Å². The van der Waals surface area contributed by atoms with Crippen molar-refractivity contribution in [2.45, 2.75) is 19.4 Å². The van der Waals surface area contributed by atoms with Gasteiger partial charge in [-0.25, -0.2) is 4.57 Å². The summed E-state index contributed by atoms with van der Waals surface area (Å²) in [6.45, 7) is 0.816. The summed E-state index contributed by atoms with van der Waals surface area (Å²) in [6.07, 6.45) is 1.00. The molecule has 0 spiro atoms. The molecule has 0 aliphatic rings. The summed E-state index contributed by atoms with van der Waals surface area (Å²) >= 11 is 0. The zero-order valence-corrected chi connectivity index (χ0v) is 21.5. The van der Waals surface area contributed by atoms with E-state index in [1.807, 2.05) is 32.3 Å². The van der Waals surface area contributed by atoms with Gasteiger partial charge in [0.15, 0.2) is 5.78 Å². The second kappa shape index (κ2) is 12.4. The molecule has 0 saturated carbocycles. The topological polar surface area (TPSA) is 78.9 Å². The van der Waals surface area contributed by atoms with Crippen LogP contribution < -0.4 is 43.5 Å². The number of aryl methyl sites for hydroxylation is 1. The fourth-order valence-electron chi connectivity index (χ4n) is 3.15. The number of hydrogen-bond donors (Lipinski definition) is 0. The van der Waals surface area contributed by atoms with Gasteiger partial charge in [0.05, 0.1) is 0 Å². The first-order valence-corrected chi connectivity index (χ1v) is 11.4. The van der Waals surface area contributed by atoms with Crippen molar-refractivity contribution in [2.24, 2.45) is 0 Å². The average molecular weight is 461 g/mol. The Morgan fingerprint density at radius 1 is 0.844 bits per heavy atom. The van der Waals surface area contributed by atoms with Crippen LogP contribution in [0.1, 0.15) is 27.9 Å². The van der Waals surface area contributed by atoms with Gasteiger partial charge < -0.3 is 18.8 Å². The Morgan fingerprint density at radius 3 is 1.97 bits per heavy atom. The molecule has 1 atom stereocenters. The minimum atomic E-state index is -4.58. The number of benzene rings is 3. The zero-order chi connectivity index (χ0) is 22.3. The monoisotopic (exact) mass is 461 g/mol. The molecule has 0 N–H and O–H groups in total. The molecule has 3 rings (SSSR count). The normalized spacial score (nSPS) is 12.5. The van der Waals surface area contributed by atoms with Gasteiger partial charge in [-0.1, -0.05) is 42.5 Å². The Morgan fingerprint density at radius 2 is 1.38 bits per heavy atom. The van der Waals surface area contributed by atoms with Crippen LogP contribution in [-0.2, 0) is 17.5 Å². The zero-order valence-electron chi connectivity index (χ0n) is 18.6. The maximum atomic E-state index is 12.6. The van der Waals surface area contributed by atoms with Gasteiger partial charge in [-0.3, -0.25) is 4.79 Å². The number of ketones is 1. The molecule has 162 valence electrons. The van der Waals surface area contributed by atoms with E-state index in [2.05, 4.69) is 11.0 Å². The fraction of sp³-hybridized carbons (Fsp3) is 0.208. The molecule has 1 unspecified atom stereocenters. The number of carbonyl (C=O) groups excluding carboxylic acids is 1. The second-order valence-corrected chi connectivity index (χ2v) is 8.66. The van der Waals surface area contributed by atoms with Crippen LogP contribution in [-0.4, -0.2) is 24.8 Å². The van der Waals surface area contributed by atoms with Gasteiger partial charge in [-0.2, -0.15) is 0 Å². The van der Waals surface area contributed by atoms with E-state index in [1.54, 1.807) is 30.3 Å². The summed E-state index contributed by atoms with van der Waals surface area (Å²) in [4.78, 5) is 26.8. The molecule has 0 amide bonds. The number of phosphoric acid groups is 1. The van der Waals surface area contributed by atoms with Crippen LogP contribution in [0.25, 0.3) is 0 Å². The molecule has 6 nitrogen and oxygen atoms in total. The summed E-state index contributed by atoms with van der Waals surface area (Å²) in [5, 5.41) is 0. The molecule has 0 aliphatic heterocycles. The van der Waals surface area contributed by atoms with Crippen LogP contribution in [0.15, 0.2) is 78.9 Å². The van der Waals surface area contributed by atoms with E-state index in [1.165, 1.54) is 29.8 Å². The van der Waals surface area contributed by atoms with Gasteiger partial charge in [-0.05, 0) is 68.0 Å². The second-order valence-electron chi connectivity index (χ2n) is 7.40. The van der Waals surface area contributed by atoms with E-state index in [9.17, 15) is 14.3 Å². The molecule has 0 fully saturated rings. The van der Waals surface area contributed by atoms with E-state index in [4.69, 9.17) is 9.05 Å². The molecule has 0 aromatic heterocycles. The quantitative estimate of drug-likeness (QED) is 0.259. The molecular weight excluding hydrogens is 436 g/mol. The molecule has 0 saturated heterocycles. The van der Waals surface area contributed by atoms with Crippen molar-refractivity contribution in [1.29, 1.82) is 0 Å². The Kier molecular flexibility index (Phi) is 10.2. The van der Waals surface area contributed by atoms with Crippen LogP contribution in [0, 0.1) is 0 Å². The van der Waals surface area contributed by atoms with Crippen molar-refractivity contribution in [3.8, 4) is 11.5 Å². The van der Waals surface area contributed by atoms with Gasteiger partial charge >= 0.3 is 37.4 Å². The standard InChI is InChI=1S/C24H26NO5P.Na/c1-25(2)18-21-9-7-6-8-19(21)14-17-24(26)20-12-15-23(16-13-20)30-31(27,28)29-22-10-4-3-5-11-22;/h3-13,15-16H,14,17-18H2,1-2H3,(H,27,28);/q;+1/p-1. The Labute approximate surface area is 211 Å². The number of carbonyl (C=O) groups is 1. The largest absolute Gasteiger partial charge is 1.00 e. The van der Waals surface area contributed by atoms with Crippen molar-refractivity contribution >= 4 is 13.6 Å². The summed E-state index contributed by atoms with van der Waals surface area (Å²) in [5.74, 6) is 0.237. The van der Waals surface area contributed by atoms with E-state index in [0.29, 0.717) is 18.4 Å². The van der Waals surface area contributed by atoms with Crippen molar-refractivity contribution in [3.63, 3.8) is 0 Å². The molecule has 0 aliphatic carbocycles. The first-order valence-electron chi connectivity index (χ1n) is 9.92. The van der Waals surface area contributed by atoms with E-state index in [-0.39, 0.29) is 46.8 Å². The van der Waals surface area contributed by atoms with Crippen LogP contribution >= 0.6 is 7.82 Å². The van der Waals surface area contributed by atoms with Crippen molar-refractivity contribution in [2.75, 3.05) is 14.1 Å². The first-order chi connectivity index (χ1) is 14.8. The predicted molar refractivity (Wildman–Crippen MR) is 118 cm³/mol. The minimum Gasteiger partial charge on any atom is -0.736 e. The Balaban J connectivity index is 0.00000363. The molecule has 3 aromatic rings. The number of rotatable bonds is 10. The maximum Gasteiger partial charge on any atom is 1.00 e. The van der Waals surface area contributed by atoms with Gasteiger partial charge in [-0.15, -0.1) is 0 Å². The summed E-state index contributed by atoms with van der Waals surface area (Å²) < 4.78 is 22.0. The van der Waals surface area contributed by atoms with Crippen LogP contribution in [0.3, 0.4) is 0 Å². The summed E-state index contributed by atoms with van der Waals surface area (Å²) in [5.41, 5.74) is 2.85. The van der Waals surface area contributed by atoms with Gasteiger partial charge in [0.25, 0.3) is 0 Å². The Bertz CT molecular complexity index is 1060. The van der Waals surface area contributed by atoms with Crippen LogP contribution in [0.5, 0.6) is 11.5 Å². The van der Waals surface area contributed by atoms with Gasteiger partial charge in [0.2, 0.25) is 0 Å².